The Labute approximate surface area is 118 Å². The summed E-state index contributed by atoms with van der Waals surface area (Å²) in [4.78, 5) is 1.38. The Morgan fingerprint density at radius 2 is 2.05 bits per heavy atom. The van der Waals surface area contributed by atoms with Crippen LogP contribution in [0, 0.1) is 0 Å². The van der Waals surface area contributed by atoms with Crippen LogP contribution in [0.5, 0.6) is 5.75 Å². The standard InChI is InChI=1S/C16H20O2S/c1-2-18-16-11-4-3-9-14(16)15(17)10-5-7-13-8-6-12-19-13/h3-4,6,8-9,11-12,15,17H,2,5,7,10H2,1H3. The van der Waals surface area contributed by atoms with Crippen LogP contribution in [0.3, 0.4) is 0 Å². The Kier molecular flexibility index (Phi) is 5.43. The van der Waals surface area contributed by atoms with Crippen LogP contribution in [-0.2, 0) is 6.42 Å². The molecular weight excluding hydrogens is 256 g/mol. The first-order chi connectivity index (χ1) is 9.31. The third-order valence-electron chi connectivity index (χ3n) is 3.06. The van der Waals surface area contributed by atoms with Crippen molar-refractivity contribution in [2.45, 2.75) is 32.3 Å². The van der Waals surface area contributed by atoms with Crippen LogP contribution < -0.4 is 4.74 Å². The second-order valence-electron chi connectivity index (χ2n) is 4.46. The number of ether oxygens (including phenoxy) is 1. The number of benzene rings is 1. The van der Waals surface area contributed by atoms with Crippen LogP contribution in [-0.4, -0.2) is 11.7 Å². The highest BCUT2D eigenvalue weighted by Crippen LogP contribution is 2.28. The molecule has 1 aromatic carbocycles. The first-order valence-corrected chi connectivity index (χ1v) is 7.61. The average molecular weight is 276 g/mol. The van der Waals surface area contributed by atoms with Gasteiger partial charge in [0, 0.05) is 10.4 Å². The molecule has 0 aliphatic rings. The molecule has 0 saturated carbocycles. The Hall–Kier alpha value is -1.32. The van der Waals surface area contributed by atoms with Gasteiger partial charge in [0.2, 0.25) is 0 Å². The topological polar surface area (TPSA) is 29.5 Å². The molecule has 1 heterocycles. The highest BCUT2D eigenvalue weighted by molar-refractivity contribution is 7.09. The molecule has 1 unspecified atom stereocenters. The van der Waals surface area contributed by atoms with E-state index < -0.39 is 6.10 Å². The fraction of sp³-hybridized carbons (Fsp3) is 0.375. The smallest absolute Gasteiger partial charge is 0.125 e. The van der Waals surface area contributed by atoms with Crippen LogP contribution >= 0.6 is 11.3 Å². The van der Waals surface area contributed by atoms with Gasteiger partial charge in [-0.1, -0.05) is 24.3 Å². The van der Waals surface area contributed by atoms with Gasteiger partial charge in [0.1, 0.15) is 5.75 Å². The molecule has 2 rings (SSSR count). The molecule has 0 spiro atoms. The van der Waals surface area contributed by atoms with E-state index in [0.717, 1.165) is 30.6 Å². The number of hydrogen-bond donors (Lipinski definition) is 1. The molecule has 0 radical (unpaired) electrons. The Morgan fingerprint density at radius 3 is 2.79 bits per heavy atom. The maximum Gasteiger partial charge on any atom is 0.125 e. The van der Waals surface area contributed by atoms with Gasteiger partial charge in [0.15, 0.2) is 0 Å². The van der Waals surface area contributed by atoms with E-state index in [1.165, 1.54) is 4.88 Å². The Bertz CT molecular complexity index is 479. The second-order valence-corrected chi connectivity index (χ2v) is 5.49. The average Bonchev–Trinajstić information content (AvgIpc) is 2.93. The van der Waals surface area contributed by atoms with E-state index >= 15 is 0 Å². The SMILES string of the molecule is CCOc1ccccc1C(O)CCCc1cccs1. The molecule has 0 saturated heterocycles. The maximum absolute atomic E-state index is 10.3. The number of thiophene rings is 1. The molecule has 0 amide bonds. The number of aliphatic hydroxyl groups excluding tert-OH is 1. The largest absolute Gasteiger partial charge is 0.493 e. The number of rotatable bonds is 7. The van der Waals surface area contributed by atoms with Gasteiger partial charge in [-0.15, -0.1) is 11.3 Å². The van der Waals surface area contributed by atoms with Crippen molar-refractivity contribution in [2.24, 2.45) is 0 Å². The minimum atomic E-state index is -0.442. The molecule has 0 fully saturated rings. The van der Waals surface area contributed by atoms with E-state index in [-0.39, 0.29) is 0 Å². The summed E-state index contributed by atoms with van der Waals surface area (Å²) in [6.07, 6.45) is 2.35. The van der Waals surface area contributed by atoms with Crippen molar-refractivity contribution in [2.75, 3.05) is 6.61 Å². The fourth-order valence-electron chi connectivity index (χ4n) is 2.12. The summed E-state index contributed by atoms with van der Waals surface area (Å²) in [7, 11) is 0. The summed E-state index contributed by atoms with van der Waals surface area (Å²) < 4.78 is 5.55. The van der Waals surface area contributed by atoms with E-state index in [9.17, 15) is 5.11 Å². The fourth-order valence-corrected chi connectivity index (χ4v) is 2.87. The molecule has 0 aliphatic carbocycles. The van der Waals surface area contributed by atoms with E-state index in [1.807, 2.05) is 31.2 Å². The third-order valence-corrected chi connectivity index (χ3v) is 3.99. The number of aliphatic hydroxyl groups is 1. The zero-order valence-electron chi connectivity index (χ0n) is 11.2. The van der Waals surface area contributed by atoms with Crippen LogP contribution in [0.25, 0.3) is 0 Å². The molecule has 102 valence electrons. The minimum absolute atomic E-state index is 0.442. The van der Waals surface area contributed by atoms with Gasteiger partial charge >= 0.3 is 0 Å². The van der Waals surface area contributed by atoms with Crippen molar-refractivity contribution < 1.29 is 9.84 Å². The summed E-state index contributed by atoms with van der Waals surface area (Å²) in [6.45, 7) is 2.58. The Balaban J connectivity index is 1.90. The highest BCUT2D eigenvalue weighted by Gasteiger charge is 2.12. The molecule has 1 aromatic heterocycles. The van der Waals surface area contributed by atoms with E-state index in [1.54, 1.807) is 11.3 Å². The van der Waals surface area contributed by atoms with Crippen LogP contribution in [0.1, 0.15) is 36.3 Å². The molecule has 2 aromatic rings. The predicted molar refractivity (Wildman–Crippen MR) is 79.8 cm³/mol. The summed E-state index contributed by atoms with van der Waals surface area (Å²) in [6, 6.07) is 12.0. The predicted octanol–water partition coefficient (Wildman–Crippen LogP) is 4.20. The van der Waals surface area contributed by atoms with Gasteiger partial charge < -0.3 is 9.84 Å². The summed E-state index contributed by atoms with van der Waals surface area (Å²) in [5, 5.41) is 12.4. The normalized spacial score (nSPS) is 12.3. The monoisotopic (exact) mass is 276 g/mol. The van der Waals surface area contributed by atoms with Crippen molar-refractivity contribution in [1.29, 1.82) is 0 Å². The molecule has 0 aliphatic heterocycles. The van der Waals surface area contributed by atoms with Gasteiger partial charge in [-0.25, -0.2) is 0 Å². The quantitative estimate of drug-likeness (QED) is 0.821. The lowest BCUT2D eigenvalue weighted by Crippen LogP contribution is -2.03. The van der Waals surface area contributed by atoms with Crippen LogP contribution in [0.15, 0.2) is 41.8 Å². The molecule has 0 bridgehead atoms. The molecule has 2 nitrogen and oxygen atoms in total. The van der Waals surface area contributed by atoms with Gasteiger partial charge in [-0.3, -0.25) is 0 Å². The summed E-state index contributed by atoms with van der Waals surface area (Å²) in [5.74, 6) is 0.800. The van der Waals surface area contributed by atoms with E-state index in [0.29, 0.717) is 6.61 Å². The number of hydrogen-bond acceptors (Lipinski definition) is 3. The van der Waals surface area contributed by atoms with E-state index in [2.05, 4.69) is 17.5 Å². The minimum Gasteiger partial charge on any atom is -0.493 e. The Morgan fingerprint density at radius 1 is 1.21 bits per heavy atom. The lowest BCUT2D eigenvalue weighted by atomic mass is 10.0. The van der Waals surface area contributed by atoms with Crippen LogP contribution in [0.4, 0.5) is 0 Å². The molecule has 1 N–H and O–H groups in total. The first-order valence-electron chi connectivity index (χ1n) is 6.73. The first kappa shape index (κ1) is 14.1. The van der Waals surface area contributed by atoms with Crippen molar-refractivity contribution in [1.82, 2.24) is 0 Å². The van der Waals surface area contributed by atoms with Crippen molar-refractivity contribution in [3.8, 4) is 5.75 Å². The van der Waals surface area contributed by atoms with Gasteiger partial charge in [0.25, 0.3) is 0 Å². The van der Waals surface area contributed by atoms with Crippen molar-refractivity contribution >= 4 is 11.3 Å². The molecule has 3 heteroatoms. The highest BCUT2D eigenvalue weighted by atomic mass is 32.1. The molecule has 19 heavy (non-hydrogen) atoms. The van der Waals surface area contributed by atoms with Gasteiger partial charge in [-0.05, 0) is 43.7 Å². The number of aryl methyl sites for hydroxylation is 1. The summed E-state index contributed by atoms with van der Waals surface area (Å²) >= 11 is 1.78. The van der Waals surface area contributed by atoms with E-state index in [4.69, 9.17) is 4.74 Å². The summed E-state index contributed by atoms with van der Waals surface area (Å²) in [5.41, 5.74) is 0.899. The zero-order chi connectivity index (χ0) is 13.5. The number of para-hydroxylation sites is 1. The van der Waals surface area contributed by atoms with Gasteiger partial charge in [0.05, 0.1) is 12.7 Å². The third kappa shape index (κ3) is 4.08. The second kappa shape index (κ2) is 7.31. The lowest BCUT2D eigenvalue weighted by Gasteiger charge is -2.15. The molecule has 1 atom stereocenters. The maximum atomic E-state index is 10.3. The zero-order valence-corrected chi connectivity index (χ0v) is 12.0. The lowest BCUT2D eigenvalue weighted by molar-refractivity contribution is 0.159. The van der Waals surface area contributed by atoms with Gasteiger partial charge in [-0.2, -0.15) is 0 Å². The van der Waals surface area contributed by atoms with Crippen LogP contribution in [0.2, 0.25) is 0 Å². The molecular formula is C16H20O2S. The van der Waals surface area contributed by atoms with Crippen molar-refractivity contribution in [3.05, 3.63) is 52.2 Å². The van der Waals surface area contributed by atoms with Crippen molar-refractivity contribution in [3.63, 3.8) is 0 Å².